The van der Waals surface area contributed by atoms with Crippen LogP contribution < -0.4 is 16.0 Å². The lowest BCUT2D eigenvalue weighted by atomic mass is 9.95. The van der Waals surface area contributed by atoms with Gasteiger partial charge in [-0.1, -0.05) is 271 Å². The van der Waals surface area contributed by atoms with Gasteiger partial charge in [0.15, 0.2) is 12.4 Å². The minimum Gasteiger partial charge on any atom is -0.461 e. The number of rotatable bonds is 54. The number of nitrogens with one attached hydrogen (secondary N) is 3. The maximum Gasteiger partial charge on any atom is 0.328 e. The smallest absolute Gasteiger partial charge is 0.328 e. The molecule has 1 fully saturated rings. The molecule has 6 atom stereocenters. The largest absolute Gasteiger partial charge is 0.461 e. The summed E-state index contributed by atoms with van der Waals surface area (Å²) in [5.74, 6) is -4.84. The molecule has 0 bridgehead atoms. The van der Waals surface area contributed by atoms with Crippen molar-refractivity contribution in [1.29, 1.82) is 0 Å². The molecule has 1 aliphatic rings. The van der Waals surface area contributed by atoms with Gasteiger partial charge < -0.3 is 54.2 Å². The molecule has 0 aliphatic carbocycles. The molecule has 4 N–H and O–H groups in total. The second-order valence-electron chi connectivity index (χ2n) is 26.2. The molecule has 1 heterocycles. The van der Waals surface area contributed by atoms with Gasteiger partial charge in [-0.25, -0.2) is 4.79 Å². The number of amides is 3. The van der Waals surface area contributed by atoms with Crippen LogP contribution in [0.25, 0.3) is 0 Å². The number of hydrogen-bond donors (Lipinski definition) is 4. The van der Waals surface area contributed by atoms with Crippen molar-refractivity contribution in [2.45, 2.75) is 295 Å². The predicted octanol–water partition coefficient (Wildman–Crippen LogP) is 14.8. The van der Waals surface area contributed by atoms with Crippen LogP contribution in [0.15, 0.2) is 121 Å². The molecule has 99 heavy (non-hydrogen) atoms. The predicted molar refractivity (Wildman–Crippen MR) is 380 cm³/mol. The number of carbonyl (C=O) groups excluding carboxylic acids is 8. The standard InChI is InChI=1S/C80H115N3O16/c1-3-5-7-9-11-13-15-17-19-22-38-50-69(84)82-67(53-54-71(86)93-58-62-42-30-26-31-43-62)79(92)96-61-68-76(90)77(99-72(87)52-40-24-20-18-16-14-12-10-8-6-4-2)75(83-70(85)51-39-23-21-25-41-55-81-78(91)65-48-36-29-37-49-65)80(98-68)97-66(56-73(88)94-59-63-44-32-27-33-45-63)57-74(89)95-60-64-46-34-28-35-47-64/h26-37,42-49,66-68,75-77,80,90H,3-25,38-41,50-61H2,1-2H3,(H,81,91)(H,82,84)(H,83,85)/t67-,68-,75-,76-,77-,80+/m1/s1. The average Bonchev–Trinajstić information content (AvgIpc) is 0.790. The highest BCUT2D eigenvalue weighted by atomic mass is 16.7. The van der Waals surface area contributed by atoms with E-state index in [1.165, 1.54) is 70.6 Å². The van der Waals surface area contributed by atoms with Gasteiger partial charge in [-0.15, -0.1) is 0 Å². The van der Waals surface area contributed by atoms with Gasteiger partial charge in [-0.3, -0.25) is 33.6 Å². The third-order valence-electron chi connectivity index (χ3n) is 17.7. The summed E-state index contributed by atoms with van der Waals surface area (Å²) >= 11 is 0. The van der Waals surface area contributed by atoms with Crippen LogP contribution in [-0.4, -0.2) is 109 Å². The van der Waals surface area contributed by atoms with E-state index in [1.807, 2.05) is 48.5 Å². The number of ether oxygens (including phenoxy) is 7. The van der Waals surface area contributed by atoms with Gasteiger partial charge >= 0.3 is 29.8 Å². The van der Waals surface area contributed by atoms with E-state index in [1.54, 1.807) is 72.8 Å². The lowest BCUT2D eigenvalue weighted by Gasteiger charge is -2.44. The fourth-order valence-corrected chi connectivity index (χ4v) is 11.8. The summed E-state index contributed by atoms with van der Waals surface area (Å²) in [6, 6.07) is 33.3. The van der Waals surface area contributed by atoms with E-state index in [0.29, 0.717) is 48.9 Å². The quantitative estimate of drug-likeness (QED) is 0.0182. The van der Waals surface area contributed by atoms with Gasteiger partial charge in [0.2, 0.25) is 11.8 Å². The molecular weight excluding hydrogens is 1260 g/mol. The summed E-state index contributed by atoms with van der Waals surface area (Å²) in [5, 5.41) is 21.1. The molecule has 5 rings (SSSR count). The molecule has 0 aromatic heterocycles. The van der Waals surface area contributed by atoms with Crippen LogP contribution in [-0.2, 0) is 86.5 Å². The number of esters is 5. The number of aliphatic hydroxyl groups is 1. The van der Waals surface area contributed by atoms with Crippen LogP contribution in [0.2, 0.25) is 0 Å². The summed E-state index contributed by atoms with van der Waals surface area (Å²) in [6.45, 7) is 3.98. The summed E-state index contributed by atoms with van der Waals surface area (Å²) in [4.78, 5) is 110. The van der Waals surface area contributed by atoms with Crippen molar-refractivity contribution in [2.24, 2.45) is 0 Å². The topological polar surface area (TPSA) is 257 Å². The van der Waals surface area contributed by atoms with Crippen molar-refractivity contribution in [3.05, 3.63) is 144 Å². The first-order valence-electron chi connectivity index (χ1n) is 37.2. The molecule has 0 spiro atoms. The molecule has 0 saturated carbocycles. The number of benzene rings is 4. The second kappa shape index (κ2) is 51.6. The Bertz CT molecular complexity index is 2810. The molecule has 19 nitrogen and oxygen atoms in total. The maximum atomic E-state index is 14.4. The molecule has 4 aromatic rings. The van der Waals surface area contributed by atoms with E-state index in [9.17, 15) is 43.5 Å². The summed E-state index contributed by atoms with van der Waals surface area (Å²) < 4.78 is 42.2. The SMILES string of the molecule is CCCCCCCCCCCCCC(=O)N[C@H](CCC(=O)OCc1ccccc1)C(=O)OC[C@H]1O[C@H](OC(CC(=O)OCc2ccccc2)CC(=O)OCc2ccccc2)[C@H](NC(=O)CCCCCCCNC(=O)c2ccccc2)[C@@H](OC(=O)CCCCCCCCCCCCC)[C@@H]1O. The van der Waals surface area contributed by atoms with Crippen LogP contribution in [0.4, 0.5) is 0 Å². The van der Waals surface area contributed by atoms with Gasteiger partial charge in [-0.2, -0.15) is 0 Å². The minimum absolute atomic E-state index is 0.00226. The number of hydrogen-bond acceptors (Lipinski definition) is 16. The van der Waals surface area contributed by atoms with Crippen LogP contribution in [0.1, 0.15) is 259 Å². The number of carbonyl (C=O) groups is 8. The third kappa shape index (κ3) is 37.0. The van der Waals surface area contributed by atoms with Crippen LogP contribution in [0, 0.1) is 0 Å². The minimum atomic E-state index is -1.79. The van der Waals surface area contributed by atoms with Crippen molar-refractivity contribution in [3.8, 4) is 0 Å². The van der Waals surface area contributed by atoms with E-state index in [-0.39, 0.29) is 57.8 Å². The molecule has 3 amide bonds. The van der Waals surface area contributed by atoms with Crippen LogP contribution in [0.5, 0.6) is 0 Å². The average molecular weight is 1370 g/mol. The Morgan fingerprint density at radius 3 is 1.34 bits per heavy atom. The van der Waals surface area contributed by atoms with Crippen LogP contribution >= 0.6 is 0 Å². The zero-order chi connectivity index (χ0) is 70.8. The Morgan fingerprint density at radius 2 is 0.869 bits per heavy atom. The molecule has 1 saturated heterocycles. The highest BCUT2D eigenvalue weighted by Gasteiger charge is 2.50. The normalized spacial score (nSPS) is 16.1. The van der Waals surface area contributed by atoms with Crippen molar-refractivity contribution in [3.63, 3.8) is 0 Å². The first-order valence-corrected chi connectivity index (χ1v) is 37.2. The molecule has 546 valence electrons. The molecule has 0 unspecified atom stereocenters. The first kappa shape index (κ1) is 82.2. The highest BCUT2D eigenvalue weighted by Crippen LogP contribution is 2.29. The fourth-order valence-electron chi connectivity index (χ4n) is 11.8. The zero-order valence-electron chi connectivity index (χ0n) is 59.2. The Balaban J connectivity index is 1.38. The maximum absolute atomic E-state index is 14.4. The van der Waals surface area contributed by atoms with Gasteiger partial charge in [0, 0.05) is 37.8 Å². The van der Waals surface area contributed by atoms with Gasteiger partial charge in [0.05, 0.1) is 18.9 Å². The Morgan fingerprint density at radius 1 is 0.455 bits per heavy atom. The Labute approximate surface area is 589 Å². The number of unbranched alkanes of at least 4 members (excludes halogenated alkanes) is 24. The van der Waals surface area contributed by atoms with E-state index in [4.69, 9.17) is 33.2 Å². The van der Waals surface area contributed by atoms with E-state index >= 15 is 0 Å². The van der Waals surface area contributed by atoms with E-state index < -0.39 is 104 Å². The van der Waals surface area contributed by atoms with E-state index in [0.717, 1.165) is 82.6 Å². The summed E-state index contributed by atoms with van der Waals surface area (Å²) in [6.07, 6.45) is 17.4. The van der Waals surface area contributed by atoms with Crippen molar-refractivity contribution >= 4 is 47.6 Å². The van der Waals surface area contributed by atoms with Crippen molar-refractivity contribution in [2.75, 3.05) is 13.2 Å². The molecule has 0 radical (unpaired) electrons. The Hall–Kier alpha value is -7.48. The van der Waals surface area contributed by atoms with Gasteiger partial charge in [-0.05, 0) is 60.9 Å². The monoisotopic (exact) mass is 1370 g/mol. The molecule has 19 heteroatoms. The zero-order valence-corrected chi connectivity index (χ0v) is 59.2. The van der Waals surface area contributed by atoms with Gasteiger partial charge in [0.25, 0.3) is 5.91 Å². The Kier molecular flexibility index (Phi) is 42.9. The fraction of sp³-hybridized carbons (Fsp3) is 0.600. The first-order chi connectivity index (χ1) is 48.3. The third-order valence-corrected chi connectivity index (χ3v) is 17.7. The summed E-state index contributed by atoms with van der Waals surface area (Å²) in [7, 11) is 0. The molecule has 1 aliphatic heterocycles. The van der Waals surface area contributed by atoms with E-state index in [2.05, 4.69) is 29.8 Å². The molecular formula is C80H115N3O16. The second-order valence-corrected chi connectivity index (χ2v) is 26.2. The lowest BCUT2D eigenvalue weighted by Crippen LogP contribution is -2.66. The van der Waals surface area contributed by atoms with Crippen LogP contribution in [0.3, 0.4) is 0 Å². The van der Waals surface area contributed by atoms with Crippen molar-refractivity contribution in [1.82, 2.24) is 16.0 Å². The summed E-state index contributed by atoms with van der Waals surface area (Å²) in [5.41, 5.74) is 2.75. The number of aliphatic hydroxyl groups excluding tert-OH is 1. The van der Waals surface area contributed by atoms with Crippen molar-refractivity contribution < 1.29 is 76.6 Å². The highest BCUT2D eigenvalue weighted by molar-refractivity contribution is 5.94. The molecule has 4 aromatic carbocycles. The lowest BCUT2D eigenvalue weighted by molar-refractivity contribution is -0.286. The van der Waals surface area contributed by atoms with Gasteiger partial charge in [0.1, 0.15) is 50.7 Å².